The predicted octanol–water partition coefficient (Wildman–Crippen LogP) is 3.17. The summed E-state index contributed by atoms with van der Waals surface area (Å²) in [7, 11) is 1.60. The summed E-state index contributed by atoms with van der Waals surface area (Å²) < 4.78 is 10.7. The zero-order valence-electron chi connectivity index (χ0n) is 14.7. The molecule has 0 unspecified atom stereocenters. The molecule has 0 radical (unpaired) electrons. The van der Waals surface area contributed by atoms with Crippen molar-refractivity contribution in [2.45, 2.75) is 43.6 Å². The number of hydrogen-bond acceptors (Lipinski definition) is 7. The molecular weight excluding hydrogens is 358 g/mol. The van der Waals surface area contributed by atoms with Gasteiger partial charge in [-0.05, 0) is 43.7 Å². The van der Waals surface area contributed by atoms with E-state index in [2.05, 4.69) is 28.5 Å². The Morgan fingerprint density at radius 3 is 3.20 bits per heavy atom. The van der Waals surface area contributed by atoms with E-state index < -0.39 is 0 Å². The maximum atomic E-state index is 12.0. The Morgan fingerprint density at radius 2 is 2.40 bits per heavy atom. The number of methoxy groups -OCH3 is 1. The molecule has 0 aliphatic heterocycles. The SMILES string of the molecule is COCCNC(=O)[C@H](C)Sc1nnc(-c2cc3c(s2)CC[C@@H](C)C3)o1. The Bertz CT molecular complexity index is 729. The number of rotatable bonds is 7. The van der Waals surface area contributed by atoms with Crippen LogP contribution in [0.25, 0.3) is 10.8 Å². The summed E-state index contributed by atoms with van der Waals surface area (Å²) in [5.41, 5.74) is 1.41. The second-order valence-corrected chi connectivity index (χ2v) is 8.75. The number of hydrogen-bond donors (Lipinski definition) is 1. The van der Waals surface area contributed by atoms with Crippen LogP contribution in [0.15, 0.2) is 15.7 Å². The zero-order chi connectivity index (χ0) is 17.8. The van der Waals surface area contributed by atoms with Crippen molar-refractivity contribution >= 4 is 29.0 Å². The highest BCUT2D eigenvalue weighted by Gasteiger charge is 2.22. The van der Waals surface area contributed by atoms with Gasteiger partial charge >= 0.3 is 0 Å². The van der Waals surface area contributed by atoms with E-state index in [4.69, 9.17) is 9.15 Å². The van der Waals surface area contributed by atoms with Gasteiger partial charge in [0.2, 0.25) is 5.91 Å². The van der Waals surface area contributed by atoms with Crippen LogP contribution in [-0.4, -0.2) is 41.6 Å². The van der Waals surface area contributed by atoms with Gasteiger partial charge in [-0.3, -0.25) is 4.79 Å². The molecule has 2 heterocycles. The van der Waals surface area contributed by atoms with Crippen molar-refractivity contribution in [1.29, 1.82) is 0 Å². The molecule has 0 saturated heterocycles. The van der Waals surface area contributed by atoms with E-state index in [9.17, 15) is 4.79 Å². The quantitative estimate of drug-likeness (QED) is 0.586. The number of aryl methyl sites for hydroxylation is 1. The Balaban J connectivity index is 1.62. The van der Waals surface area contributed by atoms with Crippen molar-refractivity contribution in [1.82, 2.24) is 15.5 Å². The zero-order valence-corrected chi connectivity index (χ0v) is 16.3. The molecule has 0 fully saturated rings. The van der Waals surface area contributed by atoms with Gasteiger partial charge in [-0.15, -0.1) is 21.5 Å². The number of amides is 1. The summed E-state index contributed by atoms with van der Waals surface area (Å²) in [6.45, 7) is 5.10. The Hall–Kier alpha value is -1.38. The number of ether oxygens (including phenoxy) is 1. The highest BCUT2D eigenvalue weighted by molar-refractivity contribution is 8.00. The number of fused-ring (bicyclic) bond motifs is 1. The molecule has 0 bridgehead atoms. The maximum absolute atomic E-state index is 12.0. The highest BCUT2D eigenvalue weighted by Crippen LogP contribution is 2.37. The van der Waals surface area contributed by atoms with Crippen LogP contribution in [0, 0.1) is 5.92 Å². The van der Waals surface area contributed by atoms with Crippen LogP contribution >= 0.6 is 23.1 Å². The summed E-state index contributed by atoms with van der Waals surface area (Å²) in [6, 6.07) is 2.18. The van der Waals surface area contributed by atoms with Crippen LogP contribution in [0.3, 0.4) is 0 Å². The van der Waals surface area contributed by atoms with Crippen molar-refractivity contribution in [3.63, 3.8) is 0 Å². The average Bonchev–Trinajstić information content (AvgIpc) is 3.21. The standard InChI is InChI=1S/C17H23N3O3S2/c1-10-4-5-13-12(8-10)9-14(25-13)16-19-20-17(23-16)24-11(2)15(21)18-6-7-22-3/h9-11H,4-8H2,1-3H3,(H,18,21)/t10-,11+/m1/s1. The van der Waals surface area contributed by atoms with Gasteiger partial charge in [-0.2, -0.15) is 0 Å². The number of aromatic nitrogens is 2. The number of carbonyl (C=O) groups is 1. The minimum atomic E-state index is -0.303. The molecule has 2 aromatic rings. The van der Waals surface area contributed by atoms with Gasteiger partial charge in [-0.1, -0.05) is 18.7 Å². The van der Waals surface area contributed by atoms with Gasteiger partial charge < -0.3 is 14.5 Å². The van der Waals surface area contributed by atoms with Crippen LogP contribution in [0.1, 0.15) is 30.7 Å². The molecule has 0 saturated carbocycles. The van der Waals surface area contributed by atoms with E-state index in [0.29, 0.717) is 24.3 Å². The molecule has 1 aliphatic rings. The maximum Gasteiger partial charge on any atom is 0.277 e. The fourth-order valence-corrected chi connectivity index (χ4v) is 4.63. The molecule has 1 amide bonds. The third-order valence-corrected chi connectivity index (χ3v) is 6.36. The minimum absolute atomic E-state index is 0.0672. The monoisotopic (exact) mass is 381 g/mol. The van der Waals surface area contributed by atoms with E-state index in [1.54, 1.807) is 18.4 Å². The van der Waals surface area contributed by atoms with Gasteiger partial charge in [0, 0.05) is 18.5 Å². The third-order valence-electron chi connectivity index (χ3n) is 4.20. The lowest BCUT2D eigenvalue weighted by Crippen LogP contribution is -2.33. The lowest BCUT2D eigenvalue weighted by Gasteiger charge is -2.16. The lowest BCUT2D eigenvalue weighted by molar-refractivity contribution is -0.120. The molecule has 25 heavy (non-hydrogen) atoms. The van der Waals surface area contributed by atoms with Crippen LogP contribution in [0.2, 0.25) is 0 Å². The number of carbonyl (C=O) groups excluding carboxylic acids is 1. The van der Waals surface area contributed by atoms with Crippen molar-refractivity contribution in [2.75, 3.05) is 20.3 Å². The predicted molar refractivity (Wildman–Crippen MR) is 99.0 cm³/mol. The summed E-state index contributed by atoms with van der Waals surface area (Å²) in [5, 5.41) is 11.2. The van der Waals surface area contributed by atoms with E-state index >= 15 is 0 Å². The highest BCUT2D eigenvalue weighted by atomic mass is 32.2. The topological polar surface area (TPSA) is 77.2 Å². The van der Waals surface area contributed by atoms with E-state index in [1.165, 1.54) is 28.6 Å². The minimum Gasteiger partial charge on any atom is -0.410 e. The number of nitrogens with zero attached hydrogens (tertiary/aromatic N) is 2. The van der Waals surface area contributed by atoms with Crippen molar-refractivity contribution < 1.29 is 13.9 Å². The Kier molecular flexibility index (Phi) is 6.14. The van der Waals surface area contributed by atoms with Crippen LogP contribution in [0.5, 0.6) is 0 Å². The molecule has 136 valence electrons. The first-order chi connectivity index (χ1) is 12.1. The van der Waals surface area contributed by atoms with Crippen LogP contribution in [0.4, 0.5) is 0 Å². The first kappa shape index (κ1) is 18.4. The fraction of sp³-hybridized carbons (Fsp3) is 0.588. The Labute approximate surface area is 155 Å². The molecule has 6 nitrogen and oxygen atoms in total. The molecule has 2 aromatic heterocycles. The number of thiophene rings is 1. The summed E-state index contributed by atoms with van der Waals surface area (Å²) >= 11 is 3.02. The molecular formula is C17H23N3O3S2. The molecule has 1 N–H and O–H groups in total. The van der Waals surface area contributed by atoms with Crippen molar-refractivity contribution in [2.24, 2.45) is 5.92 Å². The second kappa shape index (κ2) is 8.33. The molecule has 1 aliphatic carbocycles. The summed E-state index contributed by atoms with van der Waals surface area (Å²) in [4.78, 5) is 14.4. The van der Waals surface area contributed by atoms with Crippen molar-refractivity contribution in [3.05, 3.63) is 16.5 Å². The summed E-state index contributed by atoms with van der Waals surface area (Å²) in [6.07, 6.45) is 3.50. The van der Waals surface area contributed by atoms with E-state index in [0.717, 1.165) is 23.6 Å². The largest absolute Gasteiger partial charge is 0.410 e. The van der Waals surface area contributed by atoms with E-state index in [1.807, 2.05) is 6.92 Å². The molecule has 0 spiro atoms. The summed E-state index contributed by atoms with van der Waals surface area (Å²) in [5.74, 6) is 1.21. The van der Waals surface area contributed by atoms with Gasteiger partial charge in [0.1, 0.15) is 0 Å². The lowest BCUT2D eigenvalue weighted by atomic mass is 9.90. The number of thioether (sulfide) groups is 1. The number of nitrogens with one attached hydrogen (secondary N) is 1. The molecule has 8 heteroatoms. The Morgan fingerprint density at radius 1 is 1.56 bits per heavy atom. The fourth-order valence-electron chi connectivity index (χ4n) is 2.79. The van der Waals surface area contributed by atoms with Gasteiger partial charge in [0.05, 0.1) is 16.7 Å². The van der Waals surface area contributed by atoms with Gasteiger partial charge in [-0.25, -0.2) is 0 Å². The van der Waals surface area contributed by atoms with Crippen molar-refractivity contribution in [3.8, 4) is 10.8 Å². The van der Waals surface area contributed by atoms with E-state index in [-0.39, 0.29) is 11.2 Å². The smallest absolute Gasteiger partial charge is 0.277 e. The van der Waals surface area contributed by atoms with Gasteiger partial charge in [0.25, 0.3) is 11.1 Å². The second-order valence-electron chi connectivity index (χ2n) is 6.32. The van der Waals surface area contributed by atoms with Crippen LogP contribution < -0.4 is 5.32 Å². The van der Waals surface area contributed by atoms with Crippen LogP contribution in [-0.2, 0) is 22.4 Å². The third kappa shape index (κ3) is 4.62. The first-order valence-electron chi connectivity index (χ1n) is 8.45. The molecule has 3 rings (SSSR count). The normalized spacial score (nSPS) is 18.0. The van der Waals surface area contributed by atoms with Gasteiger partial charge in [0.15, 0.2) is 0 Å². The molecule has 0 aromatic carbocycles. The average molecular weight is 382 g/mol. The molecule has 2 atom stereocenters. The first-order valence-corrected chi connectivity index (χ1v) is 10.1.